The van der Waals surface area contributed by atoms with Gasteiger partial charge in [0.1, 0.15) is 79.2 Å². The first-order chi connectivity index (χ1) is 52.2. The molecule has 1 aromatic heterocycles. The number of carboxylic acids is 4. The van der Waals surface area contributed by atoms with Crippen LogP contribution >= 0.6 is 0 Å². The largest absolute Gasteiger partial charge is 0.508 e. The lowest BCUT2D eigenvalue weighted by Crippen LogP contribution is -2.62. The number of nitrogens with two attached hydrogens (primary N) is 3. The number of carboxylic acid groups (broad SMARTS) is 4. The number of anilines is 1. The number of carbonyl (C=O) groups is 21. The molecule has 1 aliphatic rings. The number of primary amides is 1. The monoisotopic (exact) mass is 1570 g/mol. The van der Waals surface area contributed by atoms with Crippen molar-refractivity contribution in [2.24, 2.45) is 17.4 Å². The van der Waals surface area contributed by atoms with Crippen molar-refractivity contribution in [2.75, 3.05) is 39.1 Å². The molecule has 1 fully saturated rings. The lowest BCUT2D eigenvalue weighted by molar-refractivity contribution is -0.156. The van der Waals surface area contributed by atoms with Gasteiger partial charge in [-0.2, -0.15) is 0 Å². The molecule has 3 aromatic rings. The van der Waals surface area contributed by atoms with E-state index in [1.54, 1.807) is 24.3 Å². The fourth-order valence-corrected chi connectivity index (χ4v) is 10.7. The van der Waals surface area contributed by atoms with Gasteiger partial charge in [0.05, 0.1) is 52.3 Å². The van der Waals surface area contributed by atoms with E-state index >= 15 is 0 Å². The Morgan fingerprint density at radius 3 is 1.71 bits per heavy atom. The topological polar surface area (TPSA) is 717 Å². The first kappa shape index (κ1) is 90.0. The van der Waals surface area contributed by atoms with E-state index < -0.39 is 268 Å². The van der Waals surface area contributed by atoms with Crippen LogP contribution in [-0.4, -0.2) is 256 Å². The molecule has 4 rings (SSSR count). The third-order valence-corrected chi connectivity index (χ3v) is 16.2. The van der Waals surface area contributed by atoms with Crippen LogP contribution < -0.4 is 86.3 Å². The van der Waals surface area contributed by atoms with Gasteiger partial charge in [-0.25, -0.2) is 9.59 Å². The predicted molar refractivity (Wildman–Crippen MR) is 375 cm³/mol. The van der Waals surface area contributed by atoms with Crippen LogP contribution in [0.5, 0.6) is 0 Å². The van der Waals surface area contributed by atoms with E-state index in [0.717, 1.165) is 34.8 Å². The summed E-state index contributed by atoms with van der Waals surface area (Å²) in [5, 5.41) is 67.7. The second kappa shape index (κ2) is 43.4. The molecule has 45 heteroatoms. The van der Waals surface area contributed by atoms with Gasteiger partial charge in [-0.3, -0.25) is 91.1 Å². The number of fused-ring (bicyclic) bond motifs is 1. The smallest absolute Gasteiger partial charge is 0.481 e. The summed E-state index contributed by atoms with van der Waals surface area (Å²) in [5.41, 5.74) is 17.9. The average Bonchev–Trinajstić information content (AvgIpc) is 1.77. The predicted octanol–water partition coefficient (Wildman–Crippen LogP) is -7.95. The number of esters is 1. The molecule has 0 aliphatic carbocycles. The summed E-state index contributed by atoms with van der Waals surface area (Å²) in [7, 11) is 0.820. The quantitative estimate of drug-likeness (QED) is 0.0182. The maximum absolute atomic E-state index is 14.8. The highest BCUT2D eigenvalue weighted by atomic mass is 16.7. The minimum absolute atomic E-state index is 0.105. The number of aliphatic carboxylic acids is 4. The van der Waals surface area contributed by atoms with E-state index in [1.165, 1.54) is 30.5 Å². The Morgan fingerprint density at radius 2 is 1.13 bits per heavy atom. The Hall–Kier alpha value is -13.4. The summed E-state index contributed by atoms with van der Waals surface area (Å²) in [6.45, 7) is 0.0749. The highest BCUT2D eigenvalue weighted by Crippen LogP contribution is 2.21. The van der Waals surface area contributed by atoms with Gasteiger partial charge in [0, 0.05) is 48.1 Å². The summed E-state index contributed by atoms with van der Waals surface area (Å²) >= 11 is 0. The third-order valence-electron chi connectivity index (χ3n) is 16.2. The van der Waals surface area contributed by atoms with Crippen molar-refractivity contribution in [2.45, 2.75) is 158 Å². The van der Waals surface area contributed by atoms with Gasteiger partial charge in [-0.05, 0) is 62.9 Å². The standard InChI is InChI=1S/C66H87N17O28/c1-28(17-49(89)90)53-64(106)81-43(19-45(85)34-12-6-8-13-35(34)68)65(107)111-30(3)54(83-61(103)42(23-52(95)96)80-60(102)39(20-46(69)86)78-59(101)38(74-31(4)84)18-32-24-70-36-14-9-7-11-33(32)36)63(105)72-26-47(87)75-37(15-10-16-67)57(99)79-41(22-51(93)94)58(100)73-29(2)55(97)77-40(21-50(91)92)56(98)71-25-48(88)76-44(62(104)82-53)27-110-66(108)109-5/h6-9,11-14,24,28-30,37-44,53-54,70H,10,15-23,25-27,67-68H2,1-5H3,(H2,69,86)(H,71,98)(H,72,105)(H,73,100)(H,74,84)(H,75,87)(H,76,88)(H,77,97)(H,78,101)(H,79,99)(H,80,102)(H,81,106)(H,82,104)(H,83,103)(H,89,90)(H,91,92)(H,93,94)(H,95,96)/t28-,29+,30+,37-,38-,39+,40-,41-,42-,43-,44+,53-,54-/m0/s1. The maximum Gasteiger partial charge on any atom is 0.508 e. The molecule has 0 saturated carbocycles. The summed E-state index contributed by atoms with van der Waals surface area (Å²) < 4.78 is 15.0. The number of aromatic nitrogens is 1. The van der Waals surface area contributed by atoms with Gasteiger partial charge in [-0.15, -0.1) is 0 Å². The molecule has 13 atom stereocenters. The number of carbonyl (C=O) groups excluding carboxylic acids is 17. The van der Waals surface area contributed by atoms with Crippen LogP contribution in [-0.2, 0) is 112 Å². The van der Waals surface area contributed by atoms with Crippen LogP contribution in [0.15, 0.2) is 54.7 Å². The number of aromatic amines is 1. The van der Waals surface area contributed by atoms with Crippen LogP contribution in [0.4, 0.5) is 10.5 Å². The lowest BCUT2D eigenvalue weighted by atomic mass is 9.96. The van der Waals surface area contributed by atoms with Gasteiger partial charge >= 0.3 is 36.0 Å². The van der Waals surface area contributed by atoms with Crippen LogP contribution in [0, 0.1) is 5.92 Å². The van der Waals surface area contributed by atoms with Crippen LogP contribution in [0.25, 0.3) is 10.9 Å². The van der Waals surface area contributed by atoms with E-state index in [9.17, 15) is 121 Å². The number of para-hydroxylation sites is 2. The number of cyclic esters (lactones) is 1. The molecule has 24 N–H and O–H groups in total. The van der Waals surface area contributed by atoms with Crippen molar-refractivity contribution in [1.82, 2.24) is 74.1 Å². The van der Waals surface area contributed by atoms with Crippen molar-refractivity contribution in [3.63, 3.8) is 0 Å². The molecular weight excluding hydrogens is 1480 g/mol. The third kappa shape index (κ3) is 29.7. The number of methoxy groups -OCH3 is 1. The second-order valence-electron chi connectivity index (χ2n) is 25.1. The lowest BCUT2D eigenvalue weighted by Gasteiger charge is -2.30. The zero-order valence-corrected chi connectivity index (χ0v) is 60.2. The van der Waals surface area contributed by atoms with E-state index in [2.05, 4.69) is 57.6 Å². The number of nitrogens with one attached hydrogen (secondary N) is 14. The highest BCUT2D eigenvalue weighted by Gasteiger charge is 2.41. The van der Waals surface area contributed by atoms with Crippen molar-refractivity contribution in [3.8, 4) is 0 Å². The Labute approximate surface area is 628 Å². The number of hydrogen-bond donors (Lipinski definition) is 21. The number of rotatable bonds is 28. The molecule has 0 unspecified atom stereocenters. The molecule has 2 heterocycles. The Balaban J connectivity index is 1.92. The molecule has 2 aromatic carbocycles. The Morgan fingerprint density at radius 1 is 0.586 bits per heavy atom. The first-order valence-corrected chi connectivity index (χ1v) is 33.8. The molecule has 111 heavy (non-hydrogen) atoms. The zero-order chi connectivity index (χ0) is 83.1. The van der Waals surface area contributed by atoms with Gasteiger partial charge in [0.25, 0.3) is 0 Å². The van der Waals surface area contributed by atoms with E-state index in [-0.39, 0.29) is 30.6 Å². The van der Waals surface area contributed by atoms with Crippen molar-refractivity contribution < 1.29 is 135 Å². The normalized spacial score (nSPS) is 21.4. The van der Waals surface area contributed by atoms with Crippen molar-refractivity contribution in [1.29, 1.82) is 0 Å². The number of H-pyrrole nitrogens is 1. The molecule has 604 valence electrons. The number of hydrogen-bond acceptors (Lipinski definition) is 26. The molecule has 0 radical (unpaired) electrons. The molecule has 45 nitrogen and oxygen atoms in total. The SMILES string of the molecule is COC(=O)OC[C@H]1NC(=O)CNC(=O)[C@H](CC(=O)O)NC(=O)[C@@H](C)NC(=O)[C@H](CC(=O)O)NC(=O)[C@H](CCCN)NC(=O)CNC(=O)[C@@H](NC(=O)[C@H](CC(=O)O)NC(=O)[C@@H](CC(N)=O)NC(=O)[C@H](Cc2c[nH]c3ccccc23)NC(C)=O)[C@@H](C)OC(=O)[C@H](CC(=O)c2ccccc2N)NC(=O)[C@H]([C@@H](C)CC(=O)O)NC1=O. The Kier molecular flexibility index (Phi) is 35.2. The summed E-state index contributed by atoms with van der Waals surface area (Å²) in [6.07, 6.45) is -10.1. The highest BCUT2D eigenvalue weighted by molar-refractivity contribution is 6.05. The van der Waals surface area contributed by atoms with Crippen molar-refractivity contribution >= 4 is 141 Å². The van der Waals surface area contributed by atoms with Gasteiger partial charge in [-0.1, -0.05) is 37.3 Å². The van der Waals surface area contributed by atoms with Crippen LogP contribution in [0.2, 0.25) is 0 Å². The van der Waals surface area contributed by atoms with E-state index in [4.69, 9.17) is 26.7 Å². The zero-order valence-electron chi connectivity index (χ0n) is 60.2. The average molecular weight is 1570 g/mol. The summed E-state index contributed by atoms with van der Waals surface area (Å²) in [5.74, 6) is -30.5. The number of ketones is 1. The second-order valence-corrected chi connectivity index (χ2v) is 25.1. The van der Waals surface area contributed by atoms with E-state index in [0.29, 0.717) is 16.5 Å². The van der Waals surface area contributed by atoms with Crippen molar-refractivity contribution in [3.05, 3.63) is 65.9 Å². The Bertz CT molecular complexity index is 4040. The van der Waals surface area contributed by atoms with Gasteiger partial charge in [0.15, 0.2) is 5.78 Å². The van der Waals surface area contributed by atoms with Gasteiger partial charge < -0.3 is 126 Å². The molecule has 14 amide bonds. The van der Waals surface area contributed by atoms with Gasteiger partial charge in [0.2, 0.25) is 82.7 Å². The molecule has 1 saturated heterocycles. The fourth-order valence-electron chi connectivity index (χ4n) is 10.7. The number of ether oxygens (including phenoxy) is 3. The number of nitrogen functional groups attached to an aromatic ring is 1. The first-order valence-electron chi connectivity index (χ1n) is 33.8. The molecule has 1 aliphatic heterocycles. The minimum Gasteiger partial charge on any atom is -0.481 e. The van der Waals surface area contributed by atoms with E-state index in [1.807, 2.05) is 21.3 Å². The maximum atomic E-state index is 14.8. The summed E-state index contributed by atoms with van der Waals surface area (Å²) in [4.78, 5) is 287. The molecule has 0 bridgehead atoms. The number of Topliss-reactive ketones (excluding diaryl/α,β-unsaturated/α-hetero) is 1. The fraction of sp³-hybridized carbons (Fsp3) is 0.470. The summed E-state index contributed by atoms with van der Waals surface area (Å²) in [6, 6.07) is -11.1. The minimum atomic E-state index is -2.47. The van der Waals surface area contributed by atoms with Crippen LogP contribution in [0.3, 0.4) is 0 Å². The number of benzene rings is 2. The van der Waals surface area contributed by atoms with Crippen LogP contribution in [0.1, 0.15) is 95.0 Å². The number of amides is 14. The molecular formula is C66H87N17O28. The molecule has 0 spiro atoms.